The lowest BCUT2D eigenvalue weighted by Gasteiger charge is -2.38. The summed E-state index contributed by atoms with van der Waals surface area (Å²) in [5.74, 6) is 1.11. The summed E-state index contributed by atoms with van der Waals surface area (Å²) in [5.41, 5.74) is 6.27. The van der Waals surface area contributed by atoms with Gasteiger partial charge in [-0.2, -0.15) is 9.61 Å². The molecule has 5 rings (SSSR count). The van der Waals surface area contributed by atoms with Crippen LogP contribution in [-0.4, -0.2) is 67.1 Å². The summed E-state index contributed by atoms with van der Waals surface area (Å²) in [6, 6.07) is 21.3. The Labute approximate surface area is 247 Å². The number of piperazine rings is 1. The van der Waals surface area contributed by atoms with Crippen molar-refractivity contribution in [3.05, 3.63) is 69.9 Å². The van der Waals surface area contributed by atoms with E-state index in [9.17, 15) is 0 Å². The number of aromatic nitrogens is 3. The Hall–Kier alpha value is -2.27. The van der Waals surface area contributed by atoms with Crippen molar-refractivity contribution < 1.29 is 4.43 Å². The fourth-order valence-electron chi connectivity index (χ4n) is 4.92. The monoisotopic (exact) mass is 653 g/mol. The van der Waals surface area contributed by atoms with Gasteiger partial charge in [0.1, 0.15) is 5.82 Å². The van der Waals surface area contributed by atoms with E-state index >= 15 is 0 Å². The minimum atomic E-state index is -1.72. The van der Waals surface area contributed by atoms with Crippen molar-refractivity contribution in [2.75, 3.05) is 44.2 Å². The van der Waals surface area contributed by atoms with Crippen LogP contribution < -0.4 is 4.90 Å². The molecule has 0 saturated carbocycles. The normalized spacial score (nSPS) is 15.3. The zero-order chi connectivity index (χ0) is 27.8. The quantitative estimate of drug-likeness (QED) is 0.157. The first kappa shape index (κ1) is 28.3. The predicted octanol–water partition coefficient (Wildman–Crippen LogP) is 7.12. The van der Waals surface area contributed by atoms with Gasteiger partial charge in [0, 0.05) is 60.1 Å². The van der Waals surface area contributed by atoms with Crippen LogP contribution in [0.15, 0.2) is 60.7 Å². The van der Waals surface area contributed by atoms with E-state index < -0.39 is 8.32 Å². The van der Waals surface area contributed by atoms with Crippen molar-refractivity contribution in [3.8, 4) is 22.4 Å². The minimum Gasteiger partial charge on any atom is -0.416 e. The molecule has 0 aliphatic carbocycles. The number of hydrogen-bond donors (Lipinski definition) is 0. The Kier molecular flexibility index (Phi) is 8.19. The molecule has 0 bridgehead atoms. The SMILES string of the molecule is Cc1nn2c(N3CCN(CCO[Si](C)(C)C(C)(C)C)CC3)cc(-c3cccc(I)c3)nc2c1-c1ccccc1. The molecule has 1 aliphatic heterocycles. The smallest absolute Gasteiger partial charge is 0.192 e. The number of benzene rings is 2. The van der Waals surface area contributed by atoms with Gasteiger partial charge in [0.05, 0.1) is 11.4 Å². The highest BCUT2D eigenvalue weighted by molar-refractivity contribution is 14.1. The fourth-order valence-corrected chi connectivity index (χ4v) is 6.50. The van der Waals surface area contributed by atoms with E-state index in [1.807, 2.05) is 0 Å². The first-order valence-electron chi connectivity index (χ1n) is 13.9. The third-order valence-corrected chi connectivity index (χ3v) is 13.5. The molecule has 8 heteroatoms. The summed E-state index contributed by atoms with van der Waals surface area (Å²) < 4.78 is 9.72. The molecular formula is C31H40IN5OSi. The molecular weight excluding hydrogens is 613 g/mol. The van der Waals surface area contributed by atoms with E-state index in [0.29, 0.717) is 0 Å². The van der Waals surface area contributed by atoms with Gasteiger partial charge >= 0.3 is 0 Å². The van der Waals surface area contributed by atoms with Crippen molar-refractivity contribution in [2.45, 2.75) is 45.8 Å². The van der Waals surface area contributed by atoms with Gasteiger partial charge < -0.3 is 9.33 Å². The maximum Gasteiger partial charge on any atom is 0.192 e. The third kappa shape index (κ3) is 6.08. The Morgan fingerprint density at radius 2 is 1.62 bits per heavy atom. The molecule has 2 aromatic heterocycles. The number of rotatable bonds is 7. The second-order valence-corrected chi connectivity index (χ2v) is 18.1. The van der Waals surface area contributed by atoms with E-state index in [1.54, 1.807) is 0 Å². The van der Waals surface area contributed by atoms with E-state index in [-0.39, 0.29) is 5.04 Å². The van der Waals surface area contributed by atoms with E-state index in [2.05, 4.69) is 138 Å². The van der Waals surface area contributed by atoms with Crippen LogP contribution >= 0.6 is 22.6 Å². The zero-order valence-corrected chi connectivity index (χ0v) is 27.2. The molecule has 3 heterocycles. The van der Waals surface area contributed by atoms with Crippen LogP contribution in [-0.2, 0) is 4.43 Å². The first-order chi connectivity index (χ1) is 18.5. The van der Waals surface area contributed by atoms with Crippen LogP contribution in [0.1, 0.15) is 26.5 Å². The summed E-state index contributed by atoms with van der Waals surface area (Å²) in [6.45, 7) is 19.4. The molecule has 4 aromatic rings. The molecule has 0 atom stereocenters. The lowest BCUT2D eigenvalue weighted by atomic mass is 10.1. The second kappa shape index (κ2) is 11.3. The van der Waals surface area contributed by atoms with Gasteiger partial charge in [-0.25, -0.2) is 4.98 Å². The number of fused-ring (bicyclic) bond motifs is 1. The maximum atomic E-state index is 6.46. The fraction of sp³-hybridized carbons (Fsp3) is 0.419. The molecule has 1 aliphatic rings. The number of hydrogen-bond acceptors (Lipinski definition) is 5. The van der Waals surface area contributed by atoms with Gasteiger partial charge in [0.2, 0.25) is 0 Å². The molecule has 0 radical (unpaired) electrons. The van der Waals surface area contributed by atoms with Crippen molar-refractivity contribution in [1.29, 1.82) is 0 Å². The molecule has 1 fully saturated rings. The lowest BCUT2D eigenvalue weighted by molar-refractivity contribution is 0.190. The zero-order valence-electron chi connectivity index (χ0n) is 24.0. The third-order valence-electron chi connectivity index (χ3n) is 8.30. The number of nitrogens with zero attached hydrogens (tertiary/aromatic N) is 5. The molecule has 39 heavy (non-hydrogen) atoms. The van der Waals surface area contributed by atoms with Crippen LogP contribution in [0.5, 0.6) is 0 Å². The Morgan fingerprint density at radius 3 is 2.28 bits per heavy atom. The summed E-state index contributed by atoms with van der Waals surface area (Å²) in [4.78, 5) is 10.2. The molecule has 0 spiro atoms. The Bertz CT molecular complexity index is 1440. The van der Waals surface area contributed by atoms with Crippen molar-refractivity contribution in [2.24, 2.45) is 0 Å². The van der Waals surface area contributed by atoms with E-state index in [4.69, 9.17) is 14.5 Å². The van der Waals surface area contributed by atoms with E-state index in [1.165, 1.54) is 3.57 Å². The van der Waals surface area contributed by atoms with Crippen LogP contribution in [0.25, 0.3) is 28.0 Å². The number of aryl methyl sites for hydroxylation is 1. The molecule has 1 saturated heterocycles. The number of halogens is 1. The Morgan fingerprint density at radius 1 is 0.923 bits per heavy atom. The van der Waals surface area contributed by atoms with Crippen molar-refractivity contribution >= 4 is 42.4 Å². The summed E-state index contributed by atoms with van der Waals surface area (Å²) in [5, 5.41) is 5.26. The van der Waals surface area contributed by atoms with Crippen LogP contribution in [0.3, 0.4) is 0 Å². The lowest BCUT2D eigenvalue weighted by Crippen LogP contribution is -2.49. The molecule has 2 aromatic carbocycles. The molecule has 0 N–H and O–H groups in total. The molecule has 0 unspecified atom stereocenters. The van der Waals surface area contributed by atoms with Gasteiger partial charge in [-0.05, 0) is 65.3 Å². The highest BCUT2D eigenvalue weighted by atomic mass is 127. The largest absolute Gasteiger partial charge is 0.416 e. The topological polar surface area (TPSA) is 45.9 Å². The van der Waals surface area contributed by atoms with Crippen molar-refractivity contribution in [3.63, 3.8) is 0 Å². The predicted molar refractivity (Wildman–Crippen MR) is 173 cm³/mol. The van der Waals surface area contributed by atoms with Gasteiger partial charge in [0.25, 0.3) is 0 Å². The van der Waals surface area contributed by atoms with Gasteiger partial charge in [-0.3, -0.25) is 4.90 Å². The first-order valence-corrected chi connectivity index (χ1v) is 17.9. The average Bonchev–Trinajstić information content (AvgIpc) is 3.24. The summed E-state index contributed by atoms with van der Waals surface area (Å²) in [7, 11) is -1.72. The number of anilines is 1. The average molecular weight is 654 g/mol. The summed E-state index contributed by atoms with van der Waals surface area (Å²) >= 11 is 2.38. The highest BCUT2D eigenvalue weighted by Crippen LogP contribution is 2.36. The van der Waals surface area contributed by atoms with Gasteiger partial charge in [-0.1, -0.05) is 63.2 Å². The van der Waals surface area contributed by atoms with Crippen LogP contribution in [0, 0.1) is 10.5 Å². The maximum absolute atomic E-state index is 6.46. The molecule has 206 valence electrons. The standard InChI is InChI=1S/C31H40IN5OSi/c1-23-29(24-11-8-7-9-12-24)30-33-27(25-13-10-14-26(32)21-25)22-28(37(30)34-23)36-17-15-35(16-18-36)19-20-38-39(5,6)31(2,3)4/h7-14,21-22H,15-20H2,1-6H3. The molecule has 6 nitrogen and oxygen atoms in total. The van der Waals surface area contributed by atoms with E-state index in [0.717, 1.165) is 78.9 Å². The van der Waals surface area contributed by atoms with Gasteiger partial charge in [-0.15, -0.1) is 0 Å². The van der Waals surface area contributed by atoms with Crippen LogP contribution in [0.2, 0.25) is 18.1 Å². The molecule has 0 amide bonds. The Balaban J connectivity index is 1.43. The minimum absolute atomic E-state index is 0.243. The summed E-state index contributed by atoms with van der Waals surface area (Å²) in [6.07, 6.45) is 0. The van der Waals surface area contributed by atoms with Crippen molar-refractivity contribution in [1.82, 2.24) is 19.5 Å². The van der Waals surface area contributed by atoms with Crippen LogP contribution in [0.4, 0.5) is 5.82 Å². The van der Waals surface area contributed by atoms with Gasteiger partial charge in [0.15, 0.2) is 14.0 Å². The highest BCUT2D eigenvalue weighted by Gasteiger charge is 2.37. The second-order valence-electron chi connectivity index (χ2n) is 12.0.